The van der Waals surface area contributed by atoms with Crippen LogP contribution < -0.4 is 4.72 Å². The Morgan fingerprint density at radius 3 is 2.42 bits per heavy atom. The monoisotopic (exact) mass is 426 g/mol. The molecule has 8 heteroatoms. The summed E-state index contributed by atoms with van der Waals surface area (Å²) >= 11 is 13.1. The third kappa shape index (κ3) is 4.20. The van der Waals surface area contributed by atoms with Crippen LogP contribution >= 0.6 is 34.5 Å². The Morgan fingerprint density at radius 2 is 1.77 bits per heavy atom. The summed E-state index contributed by atoms with van der Waals surface area (Å²) in [5.41, 5.74) is 2.87. The lowest BCUT2D eigenvalue weighted by atomic mass is 10.0. The van der Waals surface area contributed by atoms with Gasteiger partial charge < -0.3 is 0 Å². The summed E-state index contributed by atoms with van der Waals surface area (Å²) in [6.45, 7) is 4.26. The number of halogens is 2. The fourth-order valence-corrected chi connectivity index (χ4v) is 5.08. The molecule has 0 spiro atoms. The van der Waals surface area contributed by atoms with Crippen LogP contribution in [0.15, 0.2) is 52.7 Å². The molecule has 2 aromatic carbocycles. The molecule has 0 amide bonds. The molecule has 0 aliphatic heterocycles. The lowest BCUT2D eigenvalue weighted by Crippen LogP contribution is -2.13. The van der Waals surface area contributed by atoms with Crippen molar-refractivity contribution in [1.29, 1.82) is 0 Å². The van der Waals surface area contributed by atoms with Gasteiger partial charge in [-0.15, -0.1) is 11.3 Å². The van der Waals surface area contributed by atoms with E-state index in [1.54, 1.807) is 0 Å². The molecule has 0 fully saturated rings. The van der Waals surface area contributed by atoms with Crippen LogP contribution in [0.1, 0.15) is 25.3 Å². The second-order valence-electron chi connectivity index (χ2n) is 5.99. The van der Waals surface area contributed by atoms with Crippen LogP contribution in [0.2, 0.25) is 10.0 Å². The van der Waals surface area contributed by atoms with Crippen molar-refractivity contribution in [3.63, 3.8) is 0 Å². The predicted molar refractivity (Wildman–Crippen MR) is 109 cm³/mol. The van der Waals surface area contributed by atoms with Crippen molar-refractivity contribution in [2.45, 2.75) is 24.7 Å². The normalized spacial score (nSPS) is 11.7. The zero-order valence-electron chi connectivity index (χ0n) is 14.0. The Bertz CT molecular complexity index is 1030. The first kappa shape index (κ1) is 19.2. The van der Waals surface area contributed by atoms with E-state index in [1.165, 1.54) is 35.1 Å². The van der Waals surface area contributed by atoms with Crippen LogP contribution in [0.25, 0.3) is 11.3 Å². The average molecular weight is 427 g/mol. The van der Waals surface area contributed by atoms with Gasteiger partial charge in [-0.1, -0.05) is 61.3 Å². The molecule has 3 rings (SSSR count). The first-order valence-electron chi connectivity index (χ1n) is 7.80. The van der Waals surface area contributed by atoms with Crippen LogP contribution in [-0.4, -0.2) is 13.4 Å². The van der Waals surface area contributed by atoms with Crippen molar-refractivity contribution in [3.8, 4) is 11.3 Å². The van der Waals surface area contributed by atoms with E-state index in [0.29, 0.717) is 16.6 Å². The third-order valence-corrected chi connectivity index (χ3v) is 6.72. The molecule has 0 saturated carbocycles. The topological polar surface area (TPSA) is 59.1 Å². The average Bonchev–Trinajstić information content (AvgIpc) is 3.04. The molecule has 3 aromatic rings. The first-order valence-corrected chi connectivity index (χ1v) is 10.9. The van der Waals surface area contributed by atoms with Gasteiger partial charge in [0, 0.05) is 16.0 Å². The van der Waals surface area contributed by atoms with E-state index in [4.69, 9.17) is 23.2 Å². The number of hydrogen-bond acceptors (Lipinski definition) is 4. The molecule has 0 atom stereocenters. The highest BCUT2D eigenvalue weighted by Crippen LogP contribution is 2.30. The smallest absolute Gasteiger partial charge is 0.255 e. The van der Waals surface area contributed by atoms with E-state index >= 15 is 0 Å². The van der Waals surface area contributed by atoms with Crippen LogP contribution in [0, 0.1) is 0 Å². The highest BCUT2D eigenvalue weighted by molar-refractivity contribution is 7.93. The molecular formula is C18H16Cl2N2O2S2. The molecule has 136 valence electrons. The lowest BCUT2D eigenvalue weighted by molar-refractivity contribution is 0.601. The number of anilines is 1. The summed E-state index contributed by atoms with van der Waals surface area (Å²) < 4.78 is 27.6. The predicted octanol–water partition coefficient (Wildman–Crippen LogP) is 6.04. The number of thiazole rings is 1. The fraction of sp³-hybridized carbons (Fsp3) is 0.167. The Kier molecular flexibility index (Phi) is 5.58. The number of rotatable bonds is 5. The Balaban J connectivity index is 1.85. The number of nitrogens with one attached hydrogen (secondary N) is 1. The van der Waals surface area contributed by atoms with Gasteiger partial charge in [0.1, 0.15) is 4.90 Å². The summed E-state index contributed by atoms with van der Waals surface area (Å²) in [4.78, 5) is 4.29. The Hall–Kier alpha value is -1.60. The molecule has 0 saturated heterocycles. The number of aromatic nitrogens is 1. The second-order valence-corrected chi connectivity index (χ2v) is 9.35. The summed E-state index contributed by atoms with van der Waals surface area (Å²) in [6, 6.07) is 12.4. The van der Waals surface area contributed by atoms with Gasteiger partial charge in [0.2, 0.25) is 0 Å². The second kappa shape index (κ2) is 7.56. The van der Waals surface area contributed by atoms with Gasteiger partial charge in [0.15, 0.2) is 5.13 Å². The maximum absolute atomic E-state index is 12.6. The standard InChI is InChI=1S/C18H16Cl2N2O2S2/c1-11(2)12-3-5-13(6-4-12)16-10-25-18(21-16)22-26(23,24)17-9-14(19)7-8-15(17)20/h3-11H,1-2H3,(H,21,22). The summed E-state index contributed by atoms with van der Waals surface area (Å²) in [5, 5.41) is 2.47. The van der Waals surface area contributed by atoms with Crippen LogP contribution in [0.4, 0.5) is 5.13 Å². The quantitative estimate of drug-likeness (QED) is 0.540. The van der Waals surface area contributed by atoms with E-state index in [9.17, 15) is 8.42 Å². The molecule has 4 nitrogen and oxygen atoms in total. The Labute approximate surface area is 166 Å². The highest BCUT2D eigenvalue weighted by Gasteiger charge is 2.20. The van der Waals surface area contributed by atoms with Gasteiger partial charge in [-0.3, -0.25) is 4.72 Å². The summed E-state index contributed by atoms with van der Waals surface area (Å²) in [6.07, 6.45) is 0. The van der Waals surface area contributed by atoms with Crippen LogP contribution in [0.3, 0.4) is 0 Å². The van der Waals surface area contributed by atoms with Crippen molar-refractivity contribution >= 4 is 49.7 Å². The number of nitrogens with zero attached hydrogens (tertiary/aromatic N) is 1. The van der Waals surface area contributed by atoms with Crippen molar-refractivity contribution in [2.24, 2.45) is 0 Å². The maximum atomic E-state index is 12.6. The van der Waals surface area contributed by atoms with Crippen LogP contribution in [0.5, 0.6) is 0 Å². The maximum Gasteiger partial charge on any atom is 0.265 e. The van der Waals surface area contributed by atoms with Gasteiger partial charge in [0.05, 0.1) is 10.7 Å². The molecule has 0 unspecified atom stereocenters. The Morgan fingerprint density at radius 1 is 1.08 bits per heavy atom. The van der Waals surface area contributed by atoms with E-state index in [1.807, 2.05) is 17.5 Å². The molecule has 0 radical (unpaired) electrons. The molecule has 1 heterocycles. The number of benzene rings is 2. The molecular weight excluding hydrogens is 411 g/mol. The van der Waals surface area contributed by atoms with Crippen LogP contribution in [-0.2, 0) is 10.0 Å². The SMILES string of the molecule is CC(C)c1ccc(-c2csc(NS(=O)(=O)c3cc(Cl)ccc3Cl)n2)cc1. The number of sulfonamides is 1. The van der Waals surface area contributed by atoms with Crippen molar-refractivity contribution in [2.75, 3.05) is 4.72 Å². The van der Waals surface area contributed by atoms with Gasteiger partial charge in [0.25, 0.3) is 10.0 Å². The fourth-order valence-electron chi connectivity index (χ4n) is 2.35. The zero-order valence-corrected chi connectivity index (χ0v) is 17.2. The number of hydrogen-bond donors (Lipinski definition) is 1. The lowest BCUT2D eigenvalue weighted by Gasteiger charge is -2.07. The van der Waals surface area contributed by atoms with Crippen molar-refractivity contribution in [3.05, 3.63) is 63.5 Å². The van der Waals surface area contributed by atoms with E-state index in [2.05, 4.69) is 35.7 Å². The zero-order chi connectivity index (χ0) is 18.9. The summed E-state index contributed by atoms with van der Waals surface area (Å²) in [7, 11) is -3.87. The largest absolute Gasteiger partial charge is 0.265 e. The molecule has 26 heavy (non-hydrogen) atoms. The van der Waals surface area contributed by atoms with Gasteiger partial charge in [-0.2, -0.15) is 0 Å². The first-order chi connectivity index (χ1) is 12.3. The molecule has 0 aliphatic rings. The third-order valence-electron chi connectivity index (χ3n) is 3.78. The molecule has 0 aliphatic carbocycles. The van der Waals surface area contributed by atoms with E-state index in [-0.39, 0.29) is 15.0 Å². The minimum atomic E-state index is -3.87. The van der Waals surface area contributed by atoms with Crippen molar-refractivity contribution in [1.82, 2.24) is 4.98 Å². The minimum absolute atomic E-state index is 0.0790. The summed E-state index contributed by atoms with van der Waals surface area (Å²) in [5.74, 6) is 0.448. The van der Waals surface area contributed by atoms with Gasteiger partial charge in [-0.05, 0) is 29.7 Å². The molecule has 0 bridgehead atoms. The molecule has 1 N–H and O–H groups in total. The van der Waals surface area contributed by atoms with Crippen molar-refractivity contribution < 1.29 is 8.42 Å². The van der Waals surface area contributed by atoms with Gasteiger partial charge >= 0.3 is 0 Å². The van der Waals surface area contributed by atoms with E-state index in [0.717, 1.165) is 5.56 Å². The minimum Gasteiger partial charge on any atom is -0.255 e. The van der Waals surface area contributed by atoms with E-state index < -0.39 is 10.0 Å². The molecule has 1 aromatic heterocycles. The highest BCUT2D eigenvalue weighted by atomic mass is 35.5. The van der Waals surface area contributed by atoms with Gasteiger partial charge in [-0.25, -0.2) is 13.4 Å².